The van der Waals surface area contributed by atoms with Crippen molar-refractivity contribution in [2.45, 2.75) is 13.5 Å². The molecule has 0 aliphatic carbocycles. The van der Waals surface area contributed by atoms with Crippen LogP contribution in [0.2, 0.25) is 5.02 Å². The average molecular weight is 463 g/mol. The lowest BCUT2D eigenvalue weighted by atomic mass is 10.2. The number of halogens is 1. The van der Waals surface area contributed by atoms with Crippen LogP contribution in [-0.2, 0) is 20.9 Å². The van der Waals surface area contributed by atoms with Crippen LogP contribution in [0.15, 0.2) is 41.4 Å². The van der Waals surface area contributed by atoms with Crippen molar-refractivity contribution >= 4 is 62.3 Å². The van der Waals surface area contributed by atoms with Crippen LogP contribution in [0, 0.1) is 10.1 Å². The van der Waals surface area contributed by atoms with Gasteiger partial charge in [-0.2, -0.15) is 4.99 Å². The molecule has 3 rings (SSSR count). The second kappa shape index (κ2) is 9.06. The van der Waals surface area contributed by atoms with Gasteiger partial charge in [0.2, 0.25) is 5.91 Å². The average Bonchev–Trinajstić information content (AvgIpc) is 3.03. The third-order valence-corrected chi connectivity index (χ3v) is 5.38. The van der Waals surface area contributed by atoms with E-state index in [9.17, 15) is 24.5 Å². The Morgan fingerprint density at radius 2 is 2.00 bits per heavy atom. The van der Waals surface area contributed by atoms with Crippen molar-refractivity contribution in [1.82, 2.24) is 4.57 Å². The maximum atomic E-state index is 12.8. The first kappa shape index (κ1) is 22.1. The van der Waals surface area contributed by atoms with E-state index in [1.165, 1.54) is 30.7 Å². The van der Waals surface area contributed by atoms with Crippen molar-refractivity contribution < 1.29 is 24.0 Å². The quantitative estimate of drug-likeness (QED) is 0.352. The van der Waals surface area contributed by atoms with Gasteiger partial charge in [-0.1, -0.05) is 22.9 Å². The molecule has 0 aliphatic heterocycles. The van der Waals surface area contributed by atoms with E-state index in [4.69, 9.17) is 16.3 Å². The first-order valence-electron chi connectivity index (χ1n) is 8.70. The maximum Gasteiger partial charge on any atom is 0.325 e. The van der Waals surface area contributed by atoms with Gasteiger partial charge in [0, 0.05) is 23.7 Å². The smallest absolute Gasteiger partial charge is 0.325 e. The normalized spacial score (nSPS) is 11.4. The Hall–Kier alpha value is -3.57. The number of anilines is 1. The number of nitro groups is 1. The fourth-order valence-corrected chi connectivity index (χ4v) is 4.01. The number of thiazole rings is 1. The minimum atomic E-state index is -0.888. The van der Waals surface area contributed by atoms with Crippen molar-refractivity contribution in [3.8, 4) is 0 Å². The molecule has 2 amide bonds. The third-order valence-electron chi connectivity index (χ3n) is 4.10. The summed E-state index contributed by atoms with van der Waals surface area (Å²) in [6.07, 6.45) is 0. The van der Waals surface area contributed by atoms with E-state index in [0.29, 0.717) is 15.9 Å². The molecule has 1 aromatic heterocycles. The van der Waals surface area contributed by atoms with E-state index >= 15 is 0 Å². The number of carbonyl (C=O) groups excluding carboxylic acids is 3. The van der Waals surface area contributed by atoms with Gasteiger partial charge in [-0.25, -0.2) is 0 Å². The first-order valence-corrected chi connectivity index (χ1v) is 9.90. The molecule has 10 nitrogen and oxygen atoms in total. The van der Waals surface area contributed by atoms with Crippen LogP contribution < -0.4 is 10.1 Å². The number of aromatic nitrogens is 1. The van der Waals surface area contributed by atoms with Crippen LogP contribution in [0.4, 0.5) is 11.4 Å². The molecule has 0 fully saturated rings. The summed E-state index contributed by atoms with van der Waals surface area (Å²) in [5, 5.41) is 14.1. The fraction of sp³-hybridized carbons (Fsp3) is 0.158. The van der Waals surface area contributed by atoms with Gasteiger partial charge < -0.3 is 14.6 Å². The fourth-order valence-electron chi connectivity index (χ4n) is 2.77. The highest BCUT2D eigenvalue weighted by Crippen LogP contribution is 2.25. The number of esters is 1. The number of fused-ring (bicyclic) bond motifs is 1. The standard InChI is InChI=1S/C19H15ClN4O6S/c1-10(25)21-12-4-6-15-16(8-12)31-19(23(15)9-17(26)30-2)22-18(27)13-7-11(20)3-5-14(13)24(28)29/h3-8H,9H2,1-2H3,(H,21,25). The van der Waals surface area contributed by atoms with E-state index < -0.39 is 22.5 Å². The predicted octanol–water partition coefficient (Wildman–Crippen LogP) is 3.14. The number of carbonyl (C=O) groups is 3. The number of amides is 2. The Morgan fingerprint density at radius 3 is 2.65 bits per heavy atom. The van der Waals surface area contributed by atoms with Crippen molar-refractivity contribution in [2.24, 2.45) is 4.99 Å². The maximum absolute atomic E-state index is 12.8. The molecule has 2 aromatic carbocycles. The Morgan fingerprint density at radius 1 is 1.26 bits per heavy atom. The third kappa shape index (κ3) is 4.95. The van der Waals surface area contributed by atoms with Crippen molar-refractivity contribution in [3.05, 3.63) is 61.9 Å². The predicted molar refractivity (Wildman–Crippen MR) is 114 cm³/mol. The van der Waals surface area contributed by atoms with Gasteiger partial charge in [0.05, 0.1) is 22.2 Å². The van der Waals surface area contributed by atoms with E-state index in [-0.39, 0.29) is 27.8 Å². The molecule has 12 heteroatoms. The van der Waals surface area contributed by atoms with Crippen LogP contribution in [0.5, 0.6) is 0 Å². The first-order chi connectivity index (χ1) is 14.7. The number of nitro benzene ring substituents is 1. The highest BCUT2D eigenvalue weighted by Gasteiger charge is 2.21. The molecule has 0 bridgehead atoms. The number of benzene rings is 2. The minimum Gasteiger partial charge on any atom is -0.468 e. The molecular formula is C19H15ClN4O6S. The molecule has 0 saturated carbocycles. The Bertz CT molecular complexity index is 1300. The monoisotopic (exact) mass is 462 g/mol. The zero-order valence-corrected chi connectivity index (χ0v) is 17.8. The van der Waals surface area contributed by atoms with E-state index in [2.05, 4.69) is 10.3 Å². The number of hydrogen-bond acceptors (Lipinski definition) is 7. The number of ether oxygens (including phenoxy) is 1. The van der Waals surface area contributed by atoms with Gasteiger partial charge in [-0.05, 0) is 30.3 Å². The summed E-state index contributed by atoms with van der Waals surface area (Å²) in [7, 11) is 1.23. The Balaban J connectivity index is 2.18. The van der Waals surface area contributed by atoms with Crippen LogP contribution in [0.25, 0.3) is 10.2 Å². The van der Waals surface area contributed by atoms with Crippen molar-refractivity contribution in [3.63, 3.8) is 0 Å². The summed E-state index contributed by atoms with van der Waals surface area (Å²) in [5.41, 5.74) is 0.372. The summed E-state index contributed by atoms with van der Waals surface area (Å²) < 4.78 is 6.80. The summed E-state index contributed by atoms with van der Waals surface area (Å²) in [6.45, 7) is 1.13. The highest BCUT2D eigenvalue weighted by molar-refractivity contribution is 7.16. The zero-order valence-electron chi connectivity index (χ0n) is 16.2. The Kier molecular flexibility index (Phi) is 6.47. The zero-order chi connectivity index (χ0) is 22.7. The molecule has 160 valence electrons. The molecule has 3 aromatic rings. The van der Waals surface area contributed by atoms with Gasteiger partial charge in [0.25, 0.3) is 11.6 Å². The molecule has 0 radical (unpaired) electrons. The summed E-state index contributed by atoms with van der Waals surface area (Å²) in [5.74, 6) is -1.72. The summed E-state index contributed by atoms with van der Waals surface area (Å²) in [6, 6.07) is 8.55. The van der Waals surface area contributed by atoms with Crippen LogP contribution in [0.3, 0.4) is 0 Å². The number of nitrogens with zero attached hydrogens (tertiary/aromatic N) is 3. The highest BCUT2D eigenvalue weighted by atomic mass is 35.5. The van der Waals surface area contributed by atoms with Crippen molar-refractivity contribution in [2.75, 3.05) is 12.4 Å². The molecule has 0 spiro atoms. The van der Waals surface area contributed by atoms with E-state index in [0.717, 1.165) is 17.4 Å². The lowest BCUT2D eigenvalue weighted by Gasteiger charge is -2.05. The molecule has 0 aliphatic rings. The van der Waals surface area contributed by atoms with E-state index in [1.54, 1.807) is 18.2 Å². The van der Waals surface area contributed by atoms with Gasteiger partial charge in [0.1, 0.15) is 12.1 Å². The van der Waals surface area contributed by atoms with Crippen LogP contribution in [-0.4, -0.2) is 34.4 Å². The lowest BCUT2D eigenvalue weighted by molar-refractivity contribution is -0.385. The number of hydrogen-bond donors (Lipinski definition) is 1. The van der Waals surface area contributed by atoms with Gasteiger partial charge in [-0.3, -0.25) is 24.5 Å². The lowest BCUT2D eigenvalue weighted by Crippen LogP contribution is -2.22. The van der Waals surface area contributed by atoms with Gasteiger partial charge in [-0.15, -0.1) is 0 Å². The second-order valence-electron chi connectivity index (χ2n) is 6.25. The number of methoxy groups -OCH3 is 1. The minimum absolute atomic E-state index is 0.125. The summed E-state index contributed by atoms with van der Waals surface area (Å²) >= 11 is 6.97. The molecule has 0 atom stereocenters. The SMILES string of the molecule is COC(=O)Cn1c(=NC(=O)c2cc(Cl)ccc2[N+](=O)[O-])sc2cc(NC(C)=O)ccc21. The molecule has 31 heavy (non-hydrogen) atoms. The number of nitrogens with one attached hydrogen (secondary N) is 1. The largest absolute Gasteiger partial charge is 0.468 e. The second-order valence-corrected chi connectivity index (χ2v) is 7.69. The van der Waals surface area contributed by atoms with Crippen LogP contribution >= 0.6 is 22.9 Å². The molecular weight excluding hydrogens is 448 g/mol. The van der Waals surface area contributed by atoms with Crippen LogP contribution in [0.1, 0.15) is 17.3 Å². The number of rotatable bonds is 5. The molecule has 1 heterocycles. The molecule has 0 unspecified atom stereocenters. The molecule has 0 saturated heterocycles. The van der Waals surface area contributed by atoms with Gasteiger partial charge in [0.15, 0.2) is 4.80 Å². The van der Waals surface area contributed by atoms with Crippen molar-refractivity contribution in [1.29, 1.82) is 0 Å². The summed E-state index contributed by atoms with van der Waals surface area (Å²) in [4.78, 5) is 50.7. The molecule has 1 N–H and O–H groups in total. The van der Waals surface area contributed by atoms with E-state index in [1.807, 2.05) is 0 Å². The topological polar surface area (TPSA) is 133 Å². The van der Waals surface area contributed by atoms with Gasteiger partial charge >= 0.3 is 5.97 Å². The Labute approximate surface area is 183 Å².